The van der Waals surface area contributed by atoms with Crippen LogP contribution >= 0.6 is 0 Å². The lowest BCUT2D eigenvalue weighted by Gasteiger charge is -2.05. The van der Waals surface area contributed by atoms with Gasteiger partial charge in [-0.1, -0.05) is 0 Å². The molecule has 0 aliphatic heterocycles. The summed E-state index contributed by atoms with van der Waals surface area (Å²) >= 11 is 0. The van der Waals surface area contributed by atoms with Crippen molar-refractivity contribution in [1.82, 2.24) is 0 Å². The van der Waals surface area contributed by atoms with Crippen molar-refractivity contribution in [3.8, 4) is 0 Å². The van der Waals surface area contributed by atoms with Crippen LogP contribution in [0.5, 0.6) is 0 Å². The van der Waals surface area contributed by atoms with Crippen LogP contribution in [0.3, 0.4) is 0 Å². The Morgan fingerprint density at radius 3 is 1.29 bits per heavy atom. The molecule has 0 rings (SSSR count). The molecule has 0 saturated carbocycles. The van der Waals surface area contributed by atoms with Gasteiger partial charge < -0.3 is 5.21 Å². The Kier molecular flexibility index (Phi) is 5.44. The fourth-order valence-electron chi connectivity index (χ4n) is 0. The summed E-state index contributed by atoms with van der Waals surface area (Å²) in [6, 6.07) is 0. The van der Waals surface area contributed by atoms with E-state index in [4.69, 9.17) is 26.1 Å². The largest absolute Gasteiger partial charge is 0.523 e. The topological polar surface area (TPSA) is 104 Å². The molecule has 7 heteroatoms. The van der Waals surface area contributed by atoms with Crippen LogP contribution in [0.15, 0.2) is 0 Å². The molecule has 0 unspecified atom stereocenters. The lowest BCUT2D eigenvalue weighted by molar-refractivity contribution is -1.31. The van der Waals surface area contributed by atoms with Crippen LogP contribution < -0.4 is 0 Å². The van der Waals surface area contributed by atoms with Crippen LogP contribution in [-0.2, 0) is 0 Å². The third kappa shape index (κ3) is 806. The molecular formula is H4FNO5. The van der Waals surface area contributed by atoms with E-state index in [0.29, 0.717) is 0 Å². The Bertz CT molecular complexity index is 23.6. The molecule has 0 aromatic carbocycles. The number of hydrogen-bond donors (Lipinski definition) is 4. The average molecular weight is 117 g/mol. The van der Waals surface area contributed by atoms with Crippen molar-refractivity contribution in [2.45, 2.75) is 0 Å². The normalized spacial score (nSPS) is 9.43. The Hall–Kier alpha value is -0.310. The molecule has 0 aromatic heterocycles. The lowest BCUT2D eigenvalue weighted by atomic mass is 12.9. The van der Waals surface area contributed by atoms with Crippen molar-refractivity contribution in [2.75, 3.05) is 0 Å². The molecule has 46 valence electrons. The SMILES string of the molecule is OO.[O-][N+](O)(O)F. The van der Waals surface area contributed by atoms with Gasteiger partial charge in [-0.3, -0.25) is 10.5 Å². The molecule has 0 saturated heterocycles. The summed E-state index contributed by atoms with van der Waals surface area (Å²) in [6.07, 6.45) is 0. The fraction of sp³-hybridized carbons (Fsp3) is 0. The van der Waals surface area contributed by atoms with Gasteiger partial charge in [0.2, 0.25) is 0 Å². The smallest absolute Gasteiger partial charge is 0.124 e. The fourth-order valence-corrected chi connectivity index (χ4v) is 0. The van der Waals surface area contributed by atoms with E-state index < -0.39 is 5.20 Å². The number of halogens is 1. The monoisotopic (exact) mass is 117 g/mol. The minimum Gasteiger partial charge on any atom is -0.523 e. The molecule has 0 spiro atoms. The van der Waals surface area contributed by atoms with Crippen molar-refractivity contribution < 1.29 is 30.6 Å². The van der Waals surface area contributed by atoms with Gasteiger partial charge in [0.1, 0.15) is 5.20 Å². The highest BCUT2D eigenvalue weighted by molar-refractivity contribution is 3.77. The van der Waals surface area contributed by atoms with Crippen molar-refractivity contribution in [1.29, 1.82) is 0 Å². The van der Waals surface area contributed by atoms with Crippen molar-refractivity contribution in [3.63, 3.8) is 0 Å². The van der Waals surface area contributed by atoms with E-state index in [2.05, 4.69) is 0 Å². The lowest BCUT2D eigenvalue weighted by Crippen LogP contribution is -2.21. The molecule has 0 amide bonds. The summed E-state index contributed by atoms with van der Waals surface area (Å²) in [5.41, 5.74) is 0. The molecule has 7 heavy (non-hydrogen) atoms. The highest BCUT2D eigenvalue weighted by Crippen LogP contribution is 1.85. The van der Waals surface area contributed by atoms with E-state index in [1.165, 1.54) is 0 Å². The van der Waals surface area contributed by atoms with Gasteiger partial charge >= 0.3 is 0 Å². The zero-order valence-corrected chi connectivity index (χ0v) is 3.02. The van der Waals surface area contributed by atoms with Gasteiger partial charge in [0.05, 0.1) is 4.48 Å². The van der Waals surface area contributed by atoms with Gasteiger partial charge in [-0.05, 0) is 0 Å². The average Bonchev–Trinajstić information content (AvgIpc) is 1.36. The van der Waals surface area contributed by atoms with E-state index in [0.717, 1.165) is 0 Å². The van der Waals surface area contributed by atoms with E-state index in [1.807, 2.05) is 0 Å². The maximum Gasteiger partial charge on any atom is 0.124 e. The van der Waals surface area contributed by atoms with Crippen LogP contribution in [0.2, 0.25) is 0 Å². The molecular weight excluding hydrogens is 113 g/mol. The van der Waals surface area contributed by atoms with Crippen LogP contribution in [0, 0.1) is 5.21 Å². The Morgan fingerprint density at radius 2 is 1.29 bits per heavy atom. The summed E-state index contributed by atoms with van der Waals surface area (Å²) in [6.45, 7) is 0. The predicted octanol–water partition coefficient (Wildman–Crippen LogP) is -0.0187. The highest BCUT2D eigenvalue weighted by atomic mass is 19.2. The van der Waals surface area contributed by atoms with Gasteiger partial charge in [0.25, 0.3) is 0 Å². The van der Waals surface area contributed by atoms with Gasteiger partial charge in [-0.2, -0.15) is 0 Å². The van der Waals surface area contributed by atoms with Crippen LogP contribution in [0.1, 0.15) is 0 Å². The zero-order chi connectivity index (χ0) is 6.50. The first kappa shape index (κ1) is 9.85. The molecule has 0 aliphatic rings. The van der Waals surface area contributed by atoms with Crippen molar-refractivity contribution in [3.05, 3.63) is 5.21 Å². The predicted molar refractivity (Wildman–Crippen MR) is 13.6 cm³/mol. The van der Waals surface area contributed by atoms with E-state index in [9.17, 15) is 4.48 Å². The minimum atomic E-state index is -3.75. The Labute approximate surface area is 37.2 Å². The van der Waals surface area contributed by atoms with Gasteiger partial charge in [-0.15, -0.1) is 10.4 Å². The molecule has 0 aromatic rings. The maximum absolute atomic E-state index is 10.2. The summed E-state index contributed by atoms with van der Waals surface area (Å²) in [7, 11) is 0. The van der Waals surface area contributed by atoms with Gasteiger partial charge in [0, 0.05) is 0 Å². The number of nitrogens with zero attached hydrogens (tertiary/aromatic N) is 1. The van der Waals surface area contributed by atoms with Gasteiger partial charge in [0.15, 0.2) is 0 Å². The second-order valence-corrected chi connectivity index (χ2v) is 0.473. The summed E-state index contributed by atoms with van der Waals surface area (Å²) in [5.74, 6) is 0. The third-order valence-electron chi connectivity index (χ3n) is 0. The molecule has 0 bridgehead atoms. The number of rotatable bonds is 0. The molecule has 0 radical (unpaired) electrons. The summed E-state index contributed by atoms with van der Waals surface area (Å²) in [4.78, 5) is 0. The van der Waals surface area contributed by atoms with Crippen LogP contribution in [0.4, 0.5) is 4.48 Å². The second kappa shape index (κ2) is 3.87. The summed E-state index contributed by atoms with van der Waals surface area (Å²) < 4.78 is 10.2. The van der Waals surface area contributed by atoms with Crippen LogP contribution in [-0.4, -0.2) is 26.1 Å². The van der Waals surface area contributed by atoms with E-state index in [-0.39, 0.29) is 0 Å². The second-order valence-electron chi connectivity index (χ2n) is 0.473. The number of hydrogen-bond acceptors (Lipinski definition) is 5. The highest BCUT2D eigenvalue weighted by Gasteiger charge is 1.99. The molecule has 0 atom stereocenters. The zero-order valence-electron chi connectivity index (χ0n) is 3.02. The third-order valence-corrected chi connectivity index (χ3v) is 0. The Morgan fingerprint density at radius 1 is 1.29 bits per heavy atom. The molecule has 0 heterocycles. The first-order chi connectivity index (χ1) is 3.00. The van der Waals surface area contributed by atoms with E-state index >= 15 is 0 Å². The molecule has 0 aliphatic carbocycles. The Balaban J connectivity index is 0. The first-order valence-electron chi connectivity index (χ1n) is 0.952. The quantitative estimate of drug-likeness (QED) is 0.203. The molecule has 6 nitrogen and oxygen atoms in total. The minimum absolute atomic E-state index is 3.75. The first-order valence-corrected chi connectivity index (χ1v) is 0.952. The van der Waals surface area contributed by atoms with E-state index in [1.54, 1.807) is 0 Å². The standard InChI is InChI=1S/FH2NO3.H2O2/c1-2(3,4)5;1-2/h3-4H;1-2H. The van der Waals surface area contributed by atoms with Crippen LogP contribution in [0.25, 0.3) is 0 Å². The van der Waals surface area contributed by atoms with Crippen molar-refractivity contribution in [2.24, 2.45) is 0 Å². The molecule has 0 fully saturated rings. The van der Waals surface area contributed by atoms with Gasteiger partial charge in [-0.25, -0.2) is 0 Å². The van der Waals surface area contributed by atoms with Crippen molar-refractivity contribution >= 4 is 0 Å². The molecule has 4 N–H and O–H groups in total. The maximum atomic E-state index is 10.2. The number of quaternary nitrogens is 1. The summed E-state index contributed by atoms with van der Waals surface area (Å²) in [5, 5.41) is 30.3.